The Labute approximate surface area is 200 Å². The fraction of sp³-hybridized carbons (Fsp3) is 0.423. The van der Waals surface area contributed by atoms with E-state index in [0.29, 0.717) is 25.5 Å². The lowest BCUT2D eigenvalue weighted by Gasteiger charge is -2.24. The highest BCUT2D eigenvalue weighted by Gasteiger charge is 2.32. The van der Waals surface area contributed by atoms with E-state index in [-0.39, 0.29) is 11.9 Å². The molecule has 1 fully saturated rings. The van der Waals surface area contributed by atoms with Crippen molar-refractivity contribution in [2.75, 3.05) is 38.8 Å². The van der Waals surface area contributed by atoms with E-state index in [4.69, 9.17) is 24.2 Å². The second-order valence-electron chi connectivity index (χ2n) is 8.29. The van der Waals surface area contributed by atoms with Crippen LogP contribution >= 0.6 is 0 Å². The van der Waals surface area contributed by atoms with Gasteiger partial charge in [0.15, 0.2) is 0 Å². The van der Waals surface area contributed by atoms with Gasteiger partial charge < -0.3 is 24.4 Å². The normalized spacial score (nSPS) is 15.4. The zero-order valence-corrected chi connectivity index (χ0v) is 20.3. The van der Waals surface area contributed by atoms with Crippen molar-refractivity contribution in [2.45, 2.75) is 39.2 Å². The van der Waals surface area contributed by atoms with Gasteiger partial charge in [-0.2, -0.15) is 0 Å². The Bertz CT molecular complexity index is 1170. The molecular formula is C26H32N4O4. The molecule has 1 aliphatic heterocycles. The van der Waals surface area contributed by atoms with Crippen LogP contribution < -0.4 is 24.4 Å². The first-order valence-corrected chi connectivity index (χ1v) is 11.7. The van der Waals surface area contributed by atoms with Crippen LogP contribution in [0.3, 0.4) is 0 Å². The number of amides is 1. The SMILES string of the molecule is CCOc1ccc2nc(N3CCCC3C(=O)NCCc3ccc(OC)cc3OC)nc(C)c2c1. The van der Waals surface area contributed by atoms with Gasteiger partial charge in [0.2, 0.25) is 11.9 Å². The number of aryl methyl sites for hydroxylation is 1. The molecule has 3 aromatic rings. The molecule has 1 N–H and O–H groups in total. The summed E-state index contributed by atoms with van der Waals surface area (Å²) in [5.74, 6) is 2.90. The number of hydrogen-bond donors (Lipinski definition) is 1. The van der Waals surface area contributed by atoms with E-state index in [9.17, 15) is 4.79 Å². The number of anilines is 1. The molecule has 0 aliphatic carbocycles. The van der Waals surface area contributed by atoms with Gasteiger partial charge in [-0.3, -0.25) is 4.79 Å². The van der Waals surface area contributed by atoms with Crippen LogP contribution in [0.2, 0.25) is 0 Å². The van der Waals surface area contributed by atoms with Crippen LogP contribution in [0.25, 0.3) is 10.9 Å². The minimum Gasteiger partial charge on any atom is -0.497 e. The topological polar surface area (TPSA) is 85.8 Å². The fourth-order valence-corrected chi connectivity index (χ4v) is 4.41. The molecule has 2 heterocycles. The third-order valence-corrected chi connectivity index (χ3v) is 6.16. The molecule has 0 spiro atoms. The molecule has 8 nitrogen and oxygen atoms in total. The molecule has 4 rings (SSSR count). The van der Waals surface area contributed by atoms with Gasteiger partial charge in [0.05, 0.1) is 32.0 Å². The number of carbonyl (C=O) groups is 1. The molecule has 0 radical (unpaired) electrons. The van der Waals surface area contributed by atoms with E-state index in [2.05, 4.69) is 5.32 Å². The van der Waals surface area contributed by atoms with E-state index in [1.807, 2.05) is 55.1 Å². The molecule has 1 atom stereocenters. The Kier molecular flexibility index (Phi) is 7.35. The highest BCUT2D eigenvalue weighted by molar-refractivity contribution is 5.87. The van der Waals surface area contributed by atoms with E-state index >= 15 is 0 Å². The number of hydrogen-bond acceptors (Lipinski definition) is 7. The smallest absolute Gasteiger partial charge is 0.242 e. The van der Waals surface area contributed by atoms with Crippen LogP contribution in [0, 0.1) is 6.92 Å². The summed E-state index contributed by atoms with van der Waals surface area (Å²) in [7, 11) is 3.26. The Hall–Kier alpha value is -3.55. The zero-order chi connectivity index (χ0) is 24.1. The third kappa shape index (κ3) is 5.00. The highest BCUT2D eigenvalue weighted by Crippen LogP contribution is 2.28. The maximum Gasteiger partial charge on any atom is 0.242 e. The summed E-state index contributed by atoms with van der Waals surface area (Å²) in [6, 6.07) is 11.3. The molecular weight excluding hydrogens is 432 g/mol. The van der Waals surface area contributed by atoms with Crippen molar-refractivity contribution in [3.63, 3.8) is 0 Å². The van der Waals surface area contributed by atoms with Gasteiger partial charge >= 0.3 is 0 Å². The number of rotatable bonds is 9. The van der Waals surface area contributed by atoms with Gasteiger partial charge in [0.25, 0.3) is 0 Å². The quantitative estimate of drug-likeness (QED) is 0.517. The largest absolute Gasteiger partial charge is 0.497 e. The van der Waals surface area contributed by atoms with Crippen LogP contribution in [0.1, 0.15) is 31.0 Å². The molecule has 0 bridgehead atoms. The molecule has 180 valence electrons. The number of nitrogens with zero attached hydrogens (tertiary/aromatic N) is 3. The number of methoxy groups -OCH3 is 2. The summed E-state index contributed by atoms with van der Waals surface area (Å²) in [6.45, 7) is 5.81. The van der Waals surface area contributed by atoms with Crippen molar-refractivity contribution < 1.29 is 19.0 Å². The van der Waals surface area contributed by atoms with Crippen molar-refractivity contribution in [1.29, 1.82) is 0 Å². The Morgan fingerprint density at radius 2 is 1.94 bits per heavy atom. The first-order valence-electron chi connectivity index (χ1n) is 11.7. The summed E-state index contributed by atoms with van der Waals surface area (Å²) in [6.07, 6.45) is 2.37. The molecule has 1 unspecified atom stereocenters. The summed E-state index contributed by atoms with van der Waals surface area (Å²) < 4.78 is 16.3. The van der Waals surface area contributed by atoms with Crippen LogP contribution in [-0.2, 0) is 11.2 Å². The van der Waals surface area contributed by atoms with Crippen molar-refractivity contribution in [3.05, 3.63) is 47.7 Å². The summed E-state index contributed by atoms with van der Waals surface area (Å²) in [5, 5.41) is 4.05. The lowest BCUT2D eigenvalue weighted by Crippen LogP contribution is -2.44. The summed E-state index contributed by atoms with van der Waals surface area (Å²) >= 11 is 0. The molecule has 1 aromatic heterocycles. The van der Waals surface area contributed by atoms with Crippen LogP contribution in [0.4, 0.5) is 5.95 Å². The van der Waals surface area contributed by atoms with Crippen LogP contribution in [0.5, 0.6) is 17.2 Å². The van der Waals surface area contributed by atoms with Gasteiger partial charge in [0.1, 0.15) is 23.3 Å². The number of carbonyl (C=O) groups excluding carboxylic acids is 1. The Morgan fingerprint density at radius 3 is 2.71 bits per heavy atom. The van der Waals surface area contributed by atoms with Crippen molar-refractivity contribution in [3.8, 4) is 17.2 Å². The standard InChI is InChI=1S/C26H32N4O4/c1-5-34-20-10-11-22-21(15-20)17(2)28-26(29-22)30-14-6-7-23(30)25(31)27-13-12-18-8-9-19(32-3)16-24(18)33-4/h8-11,15-16,23H,5-7,12-14H2,1-4H3,(H,27,31). The molecule has 1 saturated heterocycles. The number of ether oxygens (including phenoxy) is 3. The van der Waals surface area contributed by atoms with E-state index in [1.165, 1.54) is 0 Å². The number of benzene rings is 2. The molecule has 2 aromatic carbocycles. The number of nitrogens with one attached hydrogen (secondary N) is 1. The van der Waals surface area contributed by atoms with Crippen molar-refractivity contribution in [2.24, 2.45) is 0 Å². The van der Waals surface area contributed by atoms with Gasteiger partial charge in [-0.15, -0.1) is 0 Å². The predicted molar refractivity (Wildman–Crippen MR) is 132 cm³/mol. The number of aromatic nitrogens is 2. The molecule has 0 saturated carbocycles. The lowest BCUT2D eigenvalue weighted by molar-refractivity contribution is -0.122. The first kappa shape index (κ1) is 23.6. The van der Waals surface area contributed by atoms with Crippen molar-refractivity contribution >= 4 is 22.8 Å². The average molecular weight is 465 g/mol. The Balaban J connectivity index is 1.44. The first-order chi connectivity index (χ1) is 16.5. The lowest BCUT2D eigenvalue weighted by atomic mass is 10.1. The third-order valence-electron chi connectivity index (χ3n) is 6.16. The minimum atomic E-state index is -0.280. The summed E-state index contributed by atoms with van der Waals surface area (Å²) in [4.78, 5) is 24.6. The van der Waals surface area contributed by atoms with Gasteiger partial charge in [0, 0.05) is 24.5 Å². The van der Waals surface area contributed by atoms with Gasteiger partial charge in [-0.1, -0.05) is 6.07 Å². The van der Waals surface area contributed by atoms with E-state index in [0.717, 1.165) is 58.8 Å². The van der Waals surface area contributed by atoms with Gasteiger partial charge in [-0.25, -0.2) is 9.97 Å². The fourth-order valence-electron chi connectivity index (χ4n) is 4.41. The second kappa shape index (κ2) is 10.6. The molecule has 8 heteroatoms. The van der Waals surface area contributed by atoms with Crippen molar-refractivity contribution in [1.82, 2.24) is 15.3 Å². The average Bonchev–Trinajstić information content (AvgIpc) is 3.35. The number of fused-ring (bicyclic) bond motifs is 1. The van der Waals surface area contributed by atoms with E-state index in [1.54, 1.807) is 14.2 Å². The maximum absolute atomic E-state index is 13.1. The monoisotopic (exact) mass is 464 g/mol. The zero-order valence-electron chi connectivity index (χ0n) is 20.3. The maximum atomic E-state index is 13.1. The summed E-state index contributed by atoms with van der Waals surface area (Å²) in [5.41, 5.74) is 2.75. The van der Waals surface area contributed by atoms with E-state index < -0.39 is 0 Å². The Morgan fingerprint density at radius 1 is 1.12 bits per heavy atom. The molecule has 1 amide bonds. The second-order valence-corrected chi connectivity index (χ2v) is 8.29. The molecule has 34 heavy (non-hydrogen) atoms. The highest BCUT2D eigenvalue weighted by atomic mass is 16.5. The van der Waals surface area contributed by atoms with Crippen LogP contribution in [-0.4, -0.2) is 55.8 Å². The van der Waals surface area contributed by atoms with Gasteiger partial charge in [-0.05, 0) is 62.9 Å². The van der Waals surface area contributed by atoms with Crippen LogP contribution in [0.15, 0.2) is 36.4 Å². The predicted octanol–water partition coefficient (Wildman–Crippen LogP) is 3.68. The molecule has 1 aliphatic rings. The minimum absolute atomic E-state index is 0.00183.